The molecule has 0 N–H and O–H groups in total. The molecule has 1 fully saturated rings. The average Bonchev–Trinajstić information content (AvgIpc) is 2.42. The lowest BCUT2D eigenvalue weighted by Crippen LogP contribution is -2.43. The molecule has 4 heteroatoms. The maximum atomic E-state index is 13.8. The van der Waals surface area contributed by atoms with Crippen LogP contribution in [0.25, 0.3) is 0 Å². The third kappa shape index (κ3) is 3.23. The Labute approximate surface area is 121 Å². The average molecular weight is 329 g/mol. The minimum absolute atomic E-state index is 0.00378. The minimum Gasteiger partial charge on any atom is -0.370 e. The van der Waals surface area contributed by atoms with E-state index in [4.69, 9.17) is 4.74 Å². The molecule has 0 aromatic heterocycles. The van der Waals surface area contributed by atoms with Crippen molar-refractivity contribution in [2.75, 3.05) is 7.11 Å². The number of hydrogen-bond acceptors (Lipinski definition) is 2. The summed E-state index contributed by atoms with van der Waals surface area (Å²) in [5.41, 5.74) is -0.257. The number of rotatable bonds is 4. The number of benzene rings is 1. The lowest BCUT2D eigenvalue weighted by atomic mass is 9.79. The van der Waals surface area contributed by atoms with E-state index in [1.165, 1.54) is 6.07 Å². The lowest BCUT2D eigenvalue weighted by molar-refractivity contribution is -0.144. The summed E-state index contributed by atoms with van der Waals surface area (Å²) in [5.74, 6) is -0.347. The van der Waals surface area contributed by atoms with Gasteiger partial charge in [-0.25, -0.2) is 4.39 Å². The van der Waals surface area contributed by atoms with Crippen molar-refractivity contribution in [3.63, 3.8) is 0 Å². The van der Waals surface area contributed by atoms with Crippen LogP contribution in [0.1, 0.15) is 37.7 Å². The van der Waals surface area contributed by atoms with Crippen LogP contribution < -0.4 is 0 Å². The normalized spacial score (nSPS) is 18.3. The van der Waals surface area contributed by atoms with E-state index in [0.717, 1.165) is 32.1 Å². The first kappa shape index (κ1) is 14.7. The van der Waals surface area contributed by atoms with Gasteiger partial charge in [-0.2, -0.15) is 0 Å². The summed E-state index contributed by atoms with van der Waals surface area (Å²) in [4.78, 5) is 12.5. The van der Waals surface area contributed by atoms with E-state index in [2.05, 4.69) is 15.9 Å². The first-order chi connectivity index (χ1) is 9.07. The molecule has 0 heterocycles. The number of hydrogen-bond donors (Lipinski definition) is 0. The molecule has 0 aliphatic heterocycles. The number of ketones is 1. The van der Waals surface area contributed by atoms with E-state index in [-0.39, 0.29) is 18.0 Å². The Bertz CT molecular complexity index is 467. The summed E-state index contributed by atoms with van der Waals surface area (Å²) in [6.07, 6.45) is 4.75. The smallest absolute Gasteiger partial charge is 0.169 e. The molecule has 1 aromatic carbocycles. The van der Waals surface area contributed by atoms with Crippen molar-refractivity contribution >= 4 is 21.7 Å². The van der Waals surface area contributed by atoms with Crippen LogP contribution in [-0.4, -0.2) is 18.5 Å². The van der Waals surface area contributed by atoms with Crippen LogP contribution in [0.3, 0.4) is 0 Å². The van der Waals surface area contributed by atoms with Crippen LogP contribution in [0.4, 0.5) is 4.39 Å². The topological polar surface area (TPSA) is 26.3 Å². The molecule has 1 saturated carbocycles. The standard InChI is InChI=1S/C15H18BrFO2/c1-19-15(7-3-2-4-8-15)14(18)9-11-5-6-12(16)10-13(11)17/h5-6,10H,2-4,7-9H2,1H3. The number of Topliss-reactive ketones (excluding diaryl/α,β-unsaturated/α-hetero) is 1. The van der Waals surface area contributed by atoms with Crippen molar-refractivity contribution in [1.82, 2.24) is 0 Å². The first-order valence-electron chi connectivity index (χ1n) is 6.60. The van der Waals surface area contributed by atoms with Crippen molar-refractivity contribution in [1.29, 1.82) is 0 Å². The Morgan fingerprint density at radius 1 is 1.37 bits per heavy atom. The van der Waals surface area contributed by atoms with E-state index >= 15 is 0 Å². The summed E-state index contributed by atoms with van der Waals surface area (Å²) in [6, 6.07) is 4.80. The number of carbonyl (C=O) groups is 1. The van der Waals surface area contributed by atoms with Crippen LogP contribution in [0, 0.1) is 5.82 Å². The molecule has 0 radical (unpaired) electrons. The molecule has 2 nitrogen and oxygen atoms in total. The van der Waals surface area contributed by atoms with Gasteiger partial charge >= 0.3 is 0 Å². The molecule has 19 heavy (non-hydrogen) atoms. The van der Waals surface area contributed by atoms with Gasteiger partial charge in [0.15, 0.2) is 5.78 Å². The third-order valence-corrected chi connectivity index (χ3v) is 4.42. The van der Waals surface area contributed by atoms with Gasteiger partial charge in [-0.05, 0) is 30.5 Å². The molecule has 0 atom stereocenters. The first-order valence-corrected chi connectivity index (χ1v) is 7.39. The summed E-state index contributed by atoms with van der Waals surface area (Å²) in [6.45, 7) is 0. The van der Waals surface area contributed by atoms with Gasteiger partial charge in [-0.1, -0.05) is 41.3 Å². The molecule has 1 aliphatic carbocycles. The highest BCUT2D eigenvalue weighted by atomic mass is 79.9. The van der Waals surface area contributed by atoms with E-state index in [1.54, 1.807) is 19.2 Å². The van der Waals surface area contributed by atoms with Crippen molar-refractivity contribution < 1.29 is 13.9 Å². The highest BCUT2D eigenvalue weighted by Crippen LogP contribution is 2.33. The van der Waals surface area contributed by atoms with Gasteiger partial charge in [0.1, 0.15) is 11.4 Å². The fourth-order valence-electron chi connectivity index (χ4n) is 2.72. The molecule has 0 saturated heterocycles. The predicted molar refractivity (Wildman–Crippen MR) is 75.6 cm³/mol. The number of ether oxygens (including phenoxy) is 1. The zero-order valence-corrected chi connectivity index (χ0v) is 12.6. The second-order valence-electron chi connectivity index (χ2n) is 5.09. The molecule has 1 aromatic rings. The number of methoxy groups -OCH3 is 1. The molecular formula is C15H18BrFO2. The van der Waals surface area contributed by atoms with E-state index in [1.807, 2.05) is 0 Å². The Balaban J connectivity index is 2.15. The summed E-state index contributed by atoms with van der Waals surface area (Å²) in [5, 5.41) is 0. The van der Waals surface area contributed by atoms with Crippen LogP contribution in [0.15, 0.2) is 22.7 Å². The van der Waals surface area contributed by atoms with Crippen molar-refractivity contribution in [3.05, 3.63) is 34.1 Å². The fraction of sp³-hybridized carbons (Fsp3) is 0.533. The zero-order chi connectivity index (χ0) is 13.9. The third-order valence-electron chi connectivity index (χ3n) is 3.93. The second-order valence-corrected chi connectivity index (χ2v) is 6.01. The molecule has 0 bridgehead atoms. The highest BCUT2D eigenvalue weighted by Gasteiger charge is 2.39. The lowest BCUT2D eigenvalue weighted by Gasteiger charge is -2.34. The second kappa shape index (κ2) is 6.14. The Morgan fingerprint density at radius 3 is 2.63 bits per heavy atom. The Kier molecular flexibility index (Phi) is 4.74. The predicted octanol–water partition coefficient (Wildman–Crippen LogP) is 4.05. The SMILES string of the molecule is COC1(C(=O)Cc2ccc(Br)cc2F)CCCCC1. The van der Waals surface area contributed by atoms with Crippen LogP contribution in [0.5, 0.6) is 0 Å². The van der Waals surface area contributed by atoms with Crippen molar-refractivity contribution in [2.45, 2.75) is 44.1 Å². The van der Waals surface area contributed by atoms with Gasteiger partial charge in [0.25, 0.3) is 0 Å². The maximum Gasteiger partial charge on any atom is 0.169 e. The Morgan fingerprint density at radius 2 is 2.05 bits per heavy atom. The van der Waals surface area contributed by atoms with Crippen molar-refractivity contribution in [3.8, 4) is 0 Å². The number of halogens is 2. The molecule has 0 amide bonds. The minimum atomic E-state index is -0.697. The molecule has 2 rings (SSSR count). The van der Waals surface area contributed by atoms with Gasteiger partial charge in [-0.15, -0.1) is 0 Å². The van der Waals surface area contributed by atoms with E-state index in [9.17, 15) is 9.18 Å². The van der Waals surface area contributed by atoms with Crippen molar-refractivity contribution in [2.24, 2.45) is 0 Å². The zero-order valence-electron chi connectivity index (χ0n) is 11.0. The summed E-state index contributed by atoms with van der Waals surface area (Å²) < 4.78 is 20.0. The van der Waals surface area contributed by atoms with Gasteiger partial charge in [-0.3, -0.25) is 4.79 Å². The van der Waals surface area contributed by atoms with Crippen LogP contribution >= 0.6 is 15.9 Å². The molecular weight excluding hydrogens is 311 g/mol. The molecule has 0 spiro atoms. The molecule has 0 unspecified atom stereocenters. The number of carbonyl (C=O) groups excluding carboxylic acids is 1. The summed E-state index contributed by atoms with van der Waals surface area (Å²) >= 11 is 3.21. The molecule has 104 valence electrons. The maximum absolute atomic E-state index is 13.8. The largest absolute Gasteiger partial charge is 0.370 e. The van der Waals surface area contributed by atoms with Gasteiger partial charge < -0.3 is 4.74 Å². The fourth-order valence-corrected chi connectivity index (χ4v) is 3.05. The van der Waals surface area contributed by atoms with Crippen LogP contribution in [-0.2, 0) is 16.0 Å². The van der Waals surface area contributed by atoms with Gasteiger partial charge in [0.2, 0.25) is 0 Å². The van der Waals surface area contributed by atoms with Crippen LogP contribution in [0.2, 0.25) is 0 Å². The highest BCUT2D eigenvalue weighted by molar-refractivity contribution is 9.10. The molecule has 1 aliphatic rings. The summed E-state index contributed by atoms with van der Waals surface area (Å²) in [7, 11) is 1.58. The van der Waals surface area contributed by atoms with E-state index in [0.29, 0.717) is 10.0 Å². The van der Waals surface area contributed by atoms with E-state index < -0.39 is 5.60 Å². The van der Waals surface area contributed by atoms with Gasteiger partial charge in [0.05, 0.1) is 0 Å². The quantitative estimate of drug-likeness (QED) is 0.833. The van der Waals surface area contributed by atoms with Gasteiger partial charge in [0, 0.05) is 18.0 Å². The monoisotopic (exact) mass is 328 g/mol. The Hall–Kier alpha value is -0.740.